The first-order valence-electron chi connectivity index (χ1n) is 10.1. The smallest absolute Gasteiger partial charge is 0.256 e. The first-order valence-corrected chi connectivity index (χ1v) is 10.1. The van der Waals surface area contributed by atoms with Gasteiger partial charge in [-0.25, -0.2) is 4.98 Å². The molecule has 0 unspecified atom stereocenters. The predicted molar refractivity (Wildman–Crippen MR) is 106 cm³/mol. The molecule has 0 aromatic carbocycles. The maximum Gasteiger partial charge on any atom is 0.256 e. The van der Waals surface area contributed by atoms with Gasteiger partial charge in [0.15, 0.2) is 5.82 Å². The molecule has 3 aromatic rings. The summed E-state index contributed by atoms with van der Waals surface area (Å²) in [5, 5.41) is 4.26. The molecular weight excluding hydrogens is 368 g/mol. The minimum atomic E-state index is -0.0811. The molecular formula is C21H24N6O2. The molecule has 1 saturated heterocycles. The van der Waals surface area contributed by atoms with Crippen LogP contribution in [0.5, 0.6) is 0 Å². The van der Waals surface area contributed by atoms with Gasteiger partial charge in [0, 0.05) is 43.3 Å². The van der Waals surface area contributed by atoms with Crippen LogP contribution in [0.1, 0.15) is 53.0 Å². The zero-order valence-electron chi connectivity index (χ0n) is 17.0. The molecule has 150 valence electrons. The van der Waals surface area contributed by atoms with Crippen molar-refractivity contribution in [3.63, 3.8) is 0 Å². The van der Waals surface area contributed by atoms with E-state index in [4.69, 9.17) is 14.2 Å². The van der Waals surface area contributed by atoms with E-state index in [0.717, 1.165) is 67.4 Å². The van der Waals surface area contributed by atoms with E-state index in [-0.39, 0.29) is 6.10 Å². The van der Waals surface area contributed by atoms with Crippen LogP contribution in [0.3, 0.4) is 0 Å². The monoisotopic (exact) mass is 392 g/mol. The molecule has 0 amide bonds. The highest BCUT2D eigenvalue weighted by atomic mass is 16.5. The van der Waals surface area contributed by atoms with Crippen molar-refractivity contribution in [3.05, 3.63) is 46.5 Å². The highest BCUT2D eigenvalue weighted by Gasteiger charge is 2.28. The SMILES string of the molecule is Cc1cnc(C)c(N2CCc3c(cnc(C)c3-c3noc([C@@H]4CCCO4)n3)C2)n1. The van der Waals surface area contributed by atoms with Gasteiger partial charge in [-0.1, -0.05) is 5.16 Å². The van der Waals surface area contributed by atoms with Crippen molar-refractivity contribution in [2.75, 3.05) is 18.1 Å². The quantitative estimate of drug-likeness (QED) is 0.671. The maximum atomic E-state index is 5.68. The van der Waals surface area contributed by atoms with E-state index in [1.54, 1.807) is 0 Å². The van der Waals surface area contributed by atoms with Crippen molar-refractivity contribution in [1.82, 2.24) is 25.1 Å². The topological polar surface area (TPSA) is 90.1 Å². The second-order valence-electron chi connectivity index (χ2n) is 7.77. The van der Waals surface area contributed by atoms with Crippen LogP contribution in [0.25, 0.3) is 11.4 Å². The summed E-state index contributed by atoms with van der Waals surface area (Å²) >= 11 is 0. The van der Waals surface area contributed by atoms with E-state index in [1.165, 1.54) is 11.1 Å². The summed E-state index contributed by atoms with van der Waals surface area (Å²) < 4.78 is 11.2. The van der Waals surface area contributed by atoms with Crippen LogP contribution in [0, 0.1) is 20.8 Å². The number of hydrogen-bond acceptors (Lipinski definition) is 8. The summed E-state index contributed by atoms with van der Waals surface area (Å²) in [7, 11) is 0. The lowest BCUT2D eigenvalue weighted by Crippen LogP contribution is -2.32. The molecule has 8 heteroatoms. The van der Waals surface area contributed by atoms with Crippen molar-refractivity contribution in [2.24, 2.45) is 0 Å². The van der Waals surface area contributed by atoms with Crippen LogP contribution in [0.2, 0.25) is 0 Å². The van der Waals surface area contributed by atoms with Crippen LogP contribution in [0.15, 0.2) is 16.9 Å². The van der Waals surface area contributed by atoms with Gasteiger partial charge in [-0.15, -0.1) is 0 Å². The molecule has 0 aliphatic carbocycles. The fourth-order valence-electron chi connectivity index (χ4n) is 4.19. The first kappa shape index (κ1) is 18.2. The largest absolute Gasteiger partial charge is 0.368 e. The summed E-state index contributed by atoms with van der Waals surface area (Å²) in [6.07, 6.45) is 6.51. The number of aryl methyl sites for hydroxylation is 3. The lowest BCUT2D eigenvalue weighted by atomic mass is 9.94. The van der Waals surface area contributed by atoms with Gasteiger partial charge in [0.2, 0.25) is 5.82 Å². The Kier molecular flexibility index (Phi) is 4.50. The average Bonchev–Trinajstić information content (AvgIpc) is 3.41. The van der Waals surface area contributed by atoms with E-state index in [2.05, 4.69) is 25.0 Å². The van der Waals surface area contributed by atoms with Crippen LogP contribution in [-0.2, 0) is 17.7 Å². The van der Waals surface area contributed by atoms with Crippen molar-refractivity contribution in [2.45, 2.75) is 52.7 Å². The summed E-state index contributed by atoms with van der Waals surface area (Å²) in [6.45, 7) is 8.33. The lowest BCUT2D eigenvalue weighted by molar-refractivity contribution is 0.0835. The molecule has 1 atom stereocenters. The number of rotatable bonds is 3. The van der Waals surface area contributed by atoms with Gasteiger partial charge in [0.1, 0.15) is 6.10 Å². The van der Waals surface area contributed by atoms with Crippen LogP contribution in [0.4, 0.5) is 5.82 Å². The Labute approximate surface area is 169 Å². The number of anilines is 1. The lowest BCUT2D eigenvalue weighted by Gasteiger charge is -2.31. The van der Waals surface area contributed by atoms with Crippen LogP contribution < -0.4 is 4.90 Å². The normalized spacial score (nSPS) is 18.9. The fraction of sp³-hybridized carbons (Fsp3) is 0.476. The van der Waals surface area contributed by atoms with Crippen molar-refractivity contribution >= 4 is 5.82 Å². The number of hydrogen-bond donors (Lipinski definition) is 0. The number of aromatic nitrogens is 5. The van der Waals surface area contributed by atoms with Gasteiger partial charge in [-0.3, -0.25) is 9.97 Å². The molecule has 8 nitrogen and oxygen atoms in total. The molecule has 2 aliphatic heterocycles. The molecule has 0 N–H and O–H groups in total. The van der Waals surface area contributed by atoms with E-state index in [9.17, 15) is 0 Å². The number of ether oxygens (including phenoxy) is 1. The minimum absolute atomic E-state index is 0.0811. The molecule has 0 radical (unpaired) electrons. The van der Waals surface area contributed by atoms with Gasteiger partial charge < -0.3 is 14.2 Å². The van der Waals surface area contributed by atoms with Gasteiger partial charge in [-0.2, -0.15) is 4.98 Å². The summed E-state index contributed by atoms with van der Waals surface area (Å²) in [6, 6.07) is 0. The fourth-order valence-corrected chi connectivity index (χ4v) is 4.19. The predicted octanol–water partition coefficient (Wildman–Crippen LogP) is 3.26. The van der Waals surface area contributed by atoms with Gasteiger partial charge in [0.05, 0.1) is 11.4 Å². The Morgan fingerprint density at radius 3 is 2.76 bits per heavy atom. The Hall–Kier alpha value is -2.87. The van der Waals surface area contributed by atoms with Gasteiger partial charge in [-0.05, 0) is 51.2 Å². The molecule has 5 heterocycles. The third kappa shape index (κ3) is 3.27. The minimum Gasteiger partial charge on any atom is -0.368 e. The van der Waals surface area contributed by atoms with Crippen molar-refractivity contribution in [1.29, 1.82) is 0 Å². The van der Waals surface area contributed by atoms with Gasteiger partial charge in [0.25, 0.3) is 5.89 Å². The molecule has 5 rings (SSSR count). The first-order chi connectivity index (χ1) is 14.1. The third-order valence-corrected chi connectivity index (χ3v) is 5.68. The average molecular weight is 392 g/mol. The van der Waals surface area contributed by atoms with Crippen molar-refractivity contribution in [3.8, 4) is 11.4 Å². The van der Waals surface area contributed by atoms with Gasteiger partial charge >= 0.3 is 0 Å². The van der Waals surface area contributed by atoms with Crippen LogP contribution in [-0.4, -0.2) is 38.2 Å². The zero-order chi connectivity index (χ0) is 20.0. The maximum absolute atomic E-state index is 5.68. The molecule has 29 heavy (non-hydrogen) atoms. The Morgan fingerprint density at radius 2 is 1.93 bits per heavy atom. The van der Waals surface area contributed by atoms with Crippen LogP contribution >= 0.6 is 0 Å². The second-order valence-corrected chi connectivity index (χ2v) is 7.77. The zero-order valence-corrected chi connectivity index (χ0v) is 17.0. The number of nitrogens with zero attached hydrogens (tertiary/aromatic N) is 6. The third-order valence-electron chi connectivity index (χ3n) is 5.68. The summed E-state index contributed by atoms with van der Waals surface area (Å²) in [5.41, 5.74) is 6.19. The molecule has 2 aliphatic rings. The van der Waals surface area contributed by atoms with Crippen molar-refractivity contribution < 1.29 is 9.26 Å². The van der Waals surface area contributed by atoms with E-state index in [1.807, 2.05) is 33.2 Å². The Morgan fingerprint density at radius 1 is 1.07 bits per heavy atom. The molecule has 0 bridgehead atoms. The molecule has 3 aromatic heterocycles. The molecule has 0 spiro atoms. The Bertz CT molecular complexity index is 1060. The number of fused-ring (bicyclic) bond motifs is 1. The number of pyridine rings is 1. The highest BCUT2D eigenvalue weighted by Crippen LogP contribution is 2.34. The molecule has 0 saturated carbocycles. The standard InChI is InChI=1S/C21H24N6O2/c1-12-9-22-14(3)20(24-12)27-7-6-16-15(11-27)10-23-13(2)18(16)19-25-21(29-26-19)17-5-4-8-28-17/h9-10,17H,4-8,11H2,1-3H3/t17-/m0/s1. The summed E-state index contributed by atoms with van der Waals surface area (Å²) in [5.74, 6) is 2.12. The Balaban J connectivity index is 1.49. The van der Waals surface area contributed by atoms with E-state index >= 15 is 0 Å². The van der Waals surface area contributed by atoms with E-state index in [0.29, 0.717) is 11.7 Å². The highest BCUT2D eigenvalue weighted by molar-refractivity contribution is 5.66. The molecule has 1 fully saturated rings. The second kappa shape index (κ2) is 7.18. The summed E-state index contributed by atoms with van der Waals surface area (Å²) in [4.78, 5) is 20.7. The van der Waals surface area contributed by atoms with E-state index < -0.39 is 0 Å².